The molecule has 0 radical (unpaired) electrons. The first-order chi connectivity index (χ1) is 15.9. The summed E-state index contributed by atoms with van der Waals surface area (Å²) in [5, 5.41) is 21.5. The molecule has 0 spiro atoms. The number of benzene rings is 1. The fourth-order valence-corrected chi connectivity index (χ4v) is 3.60. The van der Waals surface area contributed by atoms with Gasteiger partial charge in [0.05, 0.1) is 46.8 Å². The van der Waals surface area contributed by atoms with Crippen molar-refractivity contribution in [1.82, 2.24) is 29.9 Å². The lowest BCUT2D eigenvalue weighted by molar-refractivity contribution is 0.587. The Labute approximate surface area is 189 Å². The van der Waals surface area contributed by atoms with E-state index >= 15 is 0 Å². The quantitative estimate of drug-likeness (QED) is 0.420. The van der Waals surface area contributed by atoms with Gasteiger partial charge >= 0.3 is 0 Å². The van der Waals surface area contributed by atoms with Gasteiger partial charge in [-0.05, 0) is 29.7 Å². The summed E-state index contributed by atoms with van der Waals surface area (Å²) in [6.07, 6.45) is 6.65. The molecule has 0 fully saturated rings. The molecule has 0 amide bonds. The minimum Gasteiger partial charge on any atom is -0.261 e. The average Bonchev–Trinajstić information content (AvgIpc) is 3.27. The Bertz CT molecular complexity index is 1320. The van der Waals surface area contributed by atoms with E-state index in [9.17, 15) is 8.78 Å². The number of nitriles is 1. The summed E-state index contributed by atoms with van der Waals surface area (Å²) in [6, 6.07) is 7.45. The number of nitrogens with zero attached hydrogens (tertiary/aromatic N) is 7. The Morgan fingerprint density at radius 3 is 2.48 bits per heavy atom. The van der Waals surface area contributed by atoms with Crippen molar-refractivity contribution in [1.29, 1.82) is 5.26 Å². The molecule has 33 heavy (non-hydrogen) atoms. The van der Waals surface area contributed by atoms with Crippen LogP contribution in [0.25, 0.3) is 22.5 Å². The van der Waals surface area contributed by atoms with Gasteiger partial charge in [-0.1, -0.05) is 26.8 Å². The van der Waals surface area contributed by atoms with Crippen LogP contribution in [0.15, 0.2) is 49.1 Å². The van der Waals surface area contributed by atoms with Crippen LogP contribution in [0.1, 0.15) is 49.6 Å². The maximum atomic E-state index is 14.3. The van der Waals surface area contributed by atoms with E-state index < -0.39 is 11.6 Å². The molecule has 4 rings (SSSR count). The maximum absolute atomic E-state index is 14.3. The van der Waals surface area contributed by atoms with Crippen molar-refractivity contribution >= 4 is 0 Å². The Balaban J connectivity index is 1.72. The van der Waals surface area contributed by atoms with Crippen molar-refractivity contribution in [3.63, 3.8) is 0 Å². The molecule has 9 heteroatoms. The van der Waals surface area contributed by atoms with Gasteiger partial charge in [-0.15, -0.1) is 0 Å². The molecule has 0 N–H and O–H groups in total. The van der Waals surface area contributed by atoms with Gasteiger partial charge in [0.15, 0.2) is 0 Å². The highest BCUT2D eigenvalue weighted by Crippen LogP contribution is 2.32. The number of halogens is 2. The SMILES string of the molecule is CC(C)c1cc(-c2c(F)cccc2F)nnc1C(C)c1cncc(-c2cnn(CC#N)c2)n1. The second-order valence-electron chi connectivity index (χ2n) is 7.96. The van der Waals surface area contributed by atoms with E-state index in [0.717, 1.165) is 11.1 Å². The Kier molecular flexibility index (Phi) is 6.18. The molecular weight excluding hydrogens is 424 g/mol. The largest absolute Gasteiger partial charge is 0.261 e. The summed E-state index contributed by atoms with van der Waals surface area (Å²) in [7, 11) is 0. The third-order valence-electron chi connectivity index (χ3n) is 5.36. The van der Waals surface area contributed by atoms with Gasteiger partial charge in [0.25, 0.3) is 0 Å². The van der Waals surface area contributed by atoms with Gasteiger partial charge < -0.3 is 0 Å². The average molecular weight is 445 g/mol. The summed E-state index contributed by atoms with van der Waals surface area (Å²) in [6.45, 7) is 6.05. The van der Waals surface area contributed by atoms with Gasteiger partial charge in [-0.2, -0.15) is 20.6 Å². The third kappa shape index (κ3) is 4.46. The highest BCUT2D eigenvalue weighted by molar-refractivity contribution is 5.62. The number of rotatable bonds is 6. The van der Waals surface area contributed by atoms with Crippen molar-refractivity contribution < 1.29 is 8.78 Å². The van der Waals surface area contributed by atoms with Crippen LogP contribution in [-0.2, 0) is 6.54 Å². The number of aromatic nitrogens is 6. The summed E-state index contributed by atoms with van der Waals surface area (Å²) in [5.74, 6) is -1.60. The fourth-order valence-electron chi connectivity index (χ4n) is 3.60. The molecule has 1 aromatic carbocycles. The molecular formula is C24H21F2N7. The summed E-state index contributed by atoms with van der Waals surface area (Å²) >= 11 is 0. The highest BCUT2D eigenvalue weighted by atomic mass is 19.1. The first-order valence-corrected chi connectivity index (χ1v) is 10.4. The zero-order chi connectivity index (χ0) is 23.5. The lowest BCUT2D eigenvalue weighted by Crippen LogP contribution is -2.10. The molecule has 0 aliphatic rings. The van der Waals surface area contributed by atoms with Crippen LogP contribution in [0.2, 0.25) is 0 Å². The molecule has 0 aliphatic carbocycles. The lowest BCUT2D eigenvalue weighted by Gasteiger charge is -2.18. The zero-order valence-corrected chi connectivity index (χ0v) is 18.4. The van der Waals surface area contributed by atoms with Gasteiger partial charge in [-0.3, -0.25) is 9.67 Å². The van der Waals surface area contributed by atoms with Crippen LogP contribution in [0.5, 0.6) is 0 Å². The minimum atomic E-state index is -0.685. The van der Waals surface area contributed by atoms with Crippen molar-refractivity contribution in [2.75, 3.05) is 0 Å². The molecule has 166 valence electrons. The van der Waals surface area contributed by atoms with Gasteiger partial charge in [0, 0.05) is 23.9 Å². The molecule has 0 saturated carbocycles. The third-order valence-corrected chi connectivity index (χ3v) is 5.36. The van der Waals surface area contributed by atoms with Crippen molar-refractivity contribution in [2.45, 2.75) is 39.2 Å². The second-order valence-corrected chi connectivity index (χ2v) is 7.96. The minimum absolute atomic E-state index is 0.0342. The standard InChI is InChI=1S/C24H21F2N7/c1-14(2)17-9-20(23-18(25)5-4-6-19(23)26)31-32-24(17)15(3)21-11-28-12-22(30-21)16-10-29-33(13-16)8-7-27/h4-6,9-15H,8H2,1-3H3. The Morgan fingerprint density at radius 1 is 1.03 bits per heavy atom. The molecule has 1 atom stereocenters. The highest BCUT2D eigenvalue weighted by Gasteiger charge is 2.22. The Hall–Kier alpha value is -4.06. The molecule has 0 saturated heterocycles. The van der Waals surface area contributed by atoms with Crippen LogP contribution >= 0.6 is 0 Å². The van der Waals surface area contributed by atoms with Crippen molar-refractivity contribution in [3.05, 3.63) is 77.6 Å². The molecule has 3 heterocycles. The fraction of sp³-hybridized carbons (Fsp3) is 0.250. The van der Waals surface area contributed by atoms with Gasteiger partial charge in [0.1, 0.15) is 18.2 Å². The predicted octanol–water partition coefficient (Wildman–Crippen LogP) is 4.87. The van der Waals surface area contributed by atoms with Crippen LogP contribution in [0.4, 0.5) is 8.78 Å². The Morgan fingerprint density at radius 2 is 1.79 bits per heavy atom. The normalized spacial score (nSPS) is 12.0. The first-order valence-electron chi connectivity index (χ1n) is 10.4. The molecule has 0 aliphatic heterocycles. The summed E-state index contributed by atoms with van der Waals surface area (Å²) in [5.41, 5.74) is 3.47. The van der Waals surface area contributed by atoms with E-state index in [1.807, 2.05) is 26.8 Å². The molecule has 4 aromatic rings. The van der Waals surface area contributed by atoms with Crippen LogP contribution in [-0.4, -0.2) is 29.9 Å². The lowest BCUT2D eigenvalue weighted by atomic mass is 9.92. The number of hydrogen-bond acceptors (Lipinski definition) is 6. The summed E-state index contributed by atoms with van der Waals surface area (Å²) < 4.78 is 30.1. The van der Waals surface area contributed by atoms with Gasteiger partial charge in [0.2, 0.25) is 0 Å². The molecule has 3 aromatic heterocycles. The van der Waals surface area contributed by atoms with E-state index in [0.29, 0.717) is 17.1 Å². The maximum Gasteiger partial charge on any atom is 0.135 e. The van der Waals surface area contributed by atoms with Crippen LogP contribution in [0, 0.1) is 23.0 Å². The topological polar surface area (TPSA) is 93.2 Å². The first kappa shape index (κ1) is 22.1. The second kappa shape index (κ2) is 9.20. The number of hydrogen-bond donors (Lipinski definition) is 0. The van der Waals surface area contributed by atoms with E-state index in [-0.39, 0.29) is 29.6 Å². The van der Waals surface area contributed by atoms with Crippen molar-refractivity contribution in [2.24, 2.45) is 0 Å². The molecule has 1 unspecified atom stereocenters. The smallest absolute Gasteiger partial charge is 0.135 e. The van der Waals surface area contributed by atoms with E-state index in [1.54, 1.807) is 30.9 Å². The van der Waals surface area contributed by atoms with Crippen molar-refractivity contribution in [3.8, 4) is 28.6 Å². The monoisotopic (exact) mass is 445 g/mol. The summed E-state index contributed by atoms with van der Waals surface area (Å²) in [4.78, 5) is 9.03. The zero-order valence-electron chi connectivity index (χ0n) is 18.4. The van der Waals surface area contributed by atoms with E-state index in [4.69, 9.17) is 10.2 Å². The van der Waals surface area contributed by atoms with Gasteiger partial charge in [-0.25, -0.2) is 13.8 Å². The van der Waals surface area contributed by atoms with Crippen LogP contribution < -0.4 is 0 Å². The predicted molar refractivity (Wildman–Crippen MR) is 118 cm³/mol. The van der Waals surface area contributed by atoms with Crippen LogP contribution in [0.3, 0.4) is 0 Å². The molecule has 0 bridgehead atoms. The van der Waals surface area contributed by atoms with E-state index in [1.165, 1.54) is 22.9 Å². The van der Waals surface area contributed by atoms with E-state index in [2.05, 4.69) is 20.3 Å². The molecule has 7 nitrogen and oxygen atoms in total.